The van der Waals surface area contributed by atoms with Gasteiger partial charge in [-0.2, -0.15) is 0 Å². The number of halogens is 2. The van der Waals surface area contributed by atoms with E-state index >= 15 is 0 Å². The van der Waals surface area contributed by atoms with Crippen LogP contribution in [-0.2, 0) is 0 Å². The van der Waals surface area contributed by atoms with Crippen LogP contribution in [0.25, 0.3) is 0 Å². The lowest BCUT2D eigenvalue weighted by molar-refractivity contribution is 0.374. The lowest BCUT2D eigenvalue weighted by Gasteiger charge is -2.20. The highest BCUT2D eigenvalue weighted by Gasteiger charge is 2.19. The molecule has 1 heterocycles. The van der Waals surface area contributed by atoms with Crippen molar-refractivity contribution in [2.45, 2.75) is 32.6 Å². The number of rotatable bonds is 2. The largest absolute Gasteiger partial charge is 0.127 e. The minimum absolute atomic E-state index is 0.0949. The van der Waals surface area contributed by atoms with Crippen LogP contribution in [0.4, 0.5) is 0 Å². The molecule has 0 saturated heterocycles. The van der Waals surface area contributed by atoms with Gasteiger partial charge in [-0.05, 0) is 24.0 Å². The molecule has 0 saturated carbocycles. The first kappa shape index (κ1) is 11.4. The van der Waals surface area contributed by atoms with E-state index in [9.17, 15) is 0 Å². The number of hydrogen-bond donors (Lipinski definition) is 0. The summed E-state index contributed by atoms with van der Waals surface area (Å²) >= 11 is 13.7. The van der Waals surface area contributed by atoms with Gasteiger partial charge < -0.3 is 0 Å². The minimum Gasteiger partial charge on any atom is -0.127 e. The lowest BCUT2D eigenvalue weighted by atomic mass is 9.90. The van der Waals surface area contributed by atoms with Crippen LogP contribution in [0.1, 0.15) is 37.4 Å². The fraction of sp³-hybridized carbons (Fsp3) is 0.600. The molecule has 0 aliphatic rings. The topological polar surface area (TPSA) is 0 Å². The van der Waals surface area contributed by atoms with E-state index in [2.05, 4.69) is 20.8 Å². The molecule has 0 fully saturated rings. The number of thiophene rings is 1. The summed E-state index contributed by atoms with van der Waals surface area (Å²) in [7, 11) is 0. The van der Waals surface area contributed by atoms with Gasteiger partial charge in [-0.15, -0.1) is 22.9 Å². The summed E-state index contributed by atoms with van der Waals surface area (Å²) in [6, 6.07) is 3.91. The van der Waals surface area contributed by atoms with Crippen LogP contribution >= 0.6 is 34.5 Å². The summed E-state index contributed by atoms with van der Waals surface area (Å²) in [5.74, 6) is 0. The van der Waals surface area contributed by atoms with Crippen LogP contribution in [-0.4, -0.2) is 0 Å². The standard InChI is InChI=1S/C10H14Cl2S/c1-10(2,3)6-7(11)8-4-5-9(12)13-8/h4-5,7H,6H2,1-3H3. The summed E-state index contributed by atoms with van der Waals surface area (Å²) in [5, 5.41) is 0.0949. The first-order valence-corrected chi connectivity index (χ1v) is 5.91. The first-order chi connectivity index (χ1) is 5.88. The van der Waals surface area contributed by atoms with Gasteiger partial charge in [0.1, 0.15) is 0 Å². The monoisotopic (exact) mass is 236 g/mol. The Kier molecular flexibility index (Phi) is 3.67. The number of alkyl halides is 1. The van der Waals surface area contributed by atoms with E-state index in [0.29, 0.717) is 0 Å². The Bertz CT molecular complexity index is 273. The van der Waals surface area contributed by atoms with Crippen LogP contribution in [0, 0.1) is 5.41 Å². The molecular weight excluding hydrogens is 223 g/mol. The van der Waals surface area contributed by atoms with Crippen molar-refractivity contribution in [1.82, 2.24) is 0 Å². The molecule has 1 unspecified atom stereocenters. The highest BCUT2D eigenvalue weighted by Crippen LogP contribution is 2.38. The average Bonchev–Trinajstić information content (AvgIpc) is 2.31. The van der Waals surface area contributed by atoms with E-state index in [-0.39, 0.29) is 10.8 Å². The Hall–Kier alpha value is 0.280. The zero-order chi connectivity index (χ0) is 10.1. The SMILES string of the molecule is CC(C)(C)CC(Cl)c1ccc(Cl)s1. The molecule has 0 bridgehead atoms. The van der Waals surface area contributed by atoms with Crippen LogP contribution in [0.15, 0.2) is 12.1 Å². The molecule has 0 radical (unpaired) electrons. The third-order valence-electron chi connectivity index (χ3n) is 1.69. The summed E-state index contributed by atoms with van der Waals surface area (Å²) in [4.78, 5) is 1.17. The second-order valence-corrected chi connectivity index (χ2v) is 6.65. The highest BCUT2D eigenvalue weighted by molar-refractivity contribution is 7.16. The van der Waals surface area contributed by atoms with E-state index in [1.54, 1.807) is 11.3 Å². The molecule has 1 rings (SSSR count). The third kappa shape index (κ3) is 3.88. The van der Waals surface area contributed by atoms with E-state index < -0.39 is 0 Å². The van der Waals surface area contributed by atoms with Gasteiger partial charge in [-0.3, -0.25) is 0 Å². The Balaban J connectivity index is 2.64. The van der Waals surface area contributed by atoms with Crippen LogP contribution in [0.5, 0.6) is 0 Å². The van der Waals surface area contributed by atoms with E-state index in [4.69, 9.17) is 23.2 Å². The maximum atomic E-state index is 6.26. The molecule has 0 amide bonds. The second-order valence-electron chi connectivity index (χ2n) is 4.37. The summed E-state index contributed by atoms with van der Waals surface area (Å²) in [5.41, 5.74) is 0.267. The first-order valence-electron chi connectivity index (χ1n) is 4.28. The van der Waals surface area contributed by atoms with Gasteiger partial charge in [0.15, 0.2) is 0 Å². The van der Waals surface area contributed by atoms with Crippen molar-refractivity contribution < 1.29 is 0 Å². The van der Waals surface area contributed by atoms with Crippen molar-refractivity contribution in [2.24, 2.45) is 5.41 Å². The van der Waals surface area contributed by atoms with Crippen LogP contribution < -0.4 is 0 Å². The van der Waals surface area contributed by atoms with Crippen molar-refractivity contribution in [1.29, 1.82) is 0 Å². The van der Waals surface area contributed by atoms with Crippen LogP contribution in [0.2, 0.25) is 4.34 Å². The van der Waals surface area contributed by atoms with Gasteiger partial charge in [0.2, 0.25) is 0 Å². The Morgan fingerprint density at radius 2 is 2.00 bits per heavy atom. The van der Waals surface area contributed by atoms with Gasteiger partial charge in [-0.1, -0.05) is 32.4 Å². The zero-order valence-electron chi connectivity index (χ0n) is 8.10. The smallest absolute Gasteiger partial charge is 0.0931 e. The van der Waals surface area contributed by atoms with E-state index in [1.165, 1.54) is 4.88 Å². The second kappa shape index (κ2) is 4.20. The fourth-order valence-corrected chi connectivity index (χ4v) is 2.84. The van der Waals surface area contributed by atoms with Crippen molar-refractivity contribution in [3.8, 4) is 0 Å². The molecule has 1 atom stereocenters. The molecule has 0 spiro atoms. The van der Waals surface area contributed by atoms with Crippen molar-refractivity contribution in [3.05, 3.63) is 21.3 Å². The van der Waals surface area contributed by atoms with Gasteiger partial charge >= 0.3 is 0 Å². The van der Waals surface area contributed by atoms with E-state index in [0.717, 1.165) is 10.8 Å². The van der Waals surface area contributed by atoms with E-state index in [1.807, 2.05) is 12.1 Å². The quantitative estimate of drug-likeness (QED) is 0.626. The predicted molar refractivity (Wildman–Crippen MR) is 62.0 cm³/mol. The molecule has 0 nitrogen and oxygen atoms in total. The molecule has 74 valence electrons. The lowest BCUT2D eigenvalue weighted by Crippen LogP contribution is -2.07. The normalized spacial score (nSPS) is 14.5. The van der Waals surface area contributed by atoms with Gasteiger partial charge in [0, 0.05) is 4.88 Å². The maximum Gasteiger partial charge on any atom is 0.0931 e. The number of hydrogen-bond acceptors (Lipinski definition) is 1. The van der Waals surface area contributed by atoms with Gasteiger partial charge in [-0.25, -0.2) is 0 Å². The molecule has 13 heavy (non-hydrogen) atoms. The molecular formula is C10H14Cl2S. The molecule has 0 aliphatic carbocycles. The summed E-state index contributed by atoms with van der Waals surface area (Å²) in [6.45, 7) is 6.58. The summed E-state index contributed by atoms with van der Waals surface area (Å²) in [6.07, 6.45) is 0.978. The maximum absolute atomic E-state index is 6.26. The Morgan fingerprint density at radius 3 is 2.38 bits per heavy atom. The fourth-order valence-electron chi connectivity index (χ4n) is 1.13. The molecule has 0 aliphatic heterocycles. The molecule has 1 aromatic rings. The highest BCUT2D eigenvalue weighted by atomic mass is 35.5. The Labute approximate surface area is 93.9 Å². The van der Waals surface area contributed by atoms with Crippen LogP contribution in [0.3, 0.4) is 0 Å². The Morgan fingerprint density at radius 1 is 1.38 bits per heavy atom. The molecule has 1 aromatic heterocycles. The summed E-state index contributed by atoms with van der Waals surface area (Å²) < 4.78 is 0.814. The van der Waals surface area contributed by atoms with Crippen molar-refractivity contribution in [2.75, 3.05) is 0 Å². The molecule has 0 aromatic carbocycles. The van der Waals surface area contributed by atoms with Crippen molar-refractivity contribution in [3.63, 3.8) is 0 Å². The predicted octanol–water partition coefficient (Wildman–Crippen LogP) is 5.12. The molecule has 3 heteroatoms. The molecule has 0 N–H and O–H groups in total. The van der Waals surface area contributed by atoms with Gasteiger partial charge in [0.25, 0.3) is 0 Å². The average molecular weight is 237 g/mol. The van der Waals surface area contributed by atoms with Gasteiger partial charge in [0.05, 0.1) is 9.71 Å². The zero-order valence-corrected chi connectivity index (χ0v) is 10.4. The minimum atomic E-state index is 0.0949. The third-order valence-corrected chi connectivity index (χ3v) is 3.56. The van der Waals surface area contributed by atoms with Crippen molar-refractivity contribution >= 4 is 34.5 Å².